The molecule has 0 spiro atoms. The van der Waals surface area contributed by atoms with Crippen LogP contribution in [0.2, 0.25) is 0 Å². The molecule has 2 aromatic heterocycles. The summed E-state index contributed by atoms with van der Waals surface area (Å²) in [7, 11) is 0. The van der Waals surface area contributed by atoms with E-state index in [4.69, 9.17) is 0 Å². The van der Waals surface area contributed by atoms with Gasteiger partial charge in [-0.25, -0.2) is 4.98 Å². The van der Waals surface area contributed by atoms with Crippen molar-refractivity contribution >= 4 is 16.8 Å². The highest BCUT2D eigenvalue weighted by atomic mass is 15.2. The van der Waals surface area contributed by atoms with Crippen molar-refractivity contribution in [2.24, 2.45) is 0 Å². The lowest BCUT2D eigenvalue weighted by Gasteiger charge is -2.11. The molecule has 0 bridgehead atoms. The highest BCUT2D eigenvalue weighted by molar-refractivity contribution is 5.83. The lowest BCUT2D eigenvalue weighted by molar-refractivity contribution is 0.787. The number of rotatable bonds is 0. The van der Waals surface area contributed by atoms with Crippen LogP contribution < -0.4 is 0 Å². The Balaban J connectivity index is 2.01. The molecule has 4 aromatic rings. The SMILES string of the molecule is c1ccc2c(c1)CCCc1nnc3nc4ccccc4n3c1-2. The van der Waals surface area contributed by atoms with Crippen LogP contribution in [0.5, 0.6) is 0 Å². The second-order valence-corrected chi connectivity index (χ2v) is 5.74. The normalized spacial score (nSPS) is 13.8. The Morgan fingerprint density at radius 2 is 1.73 bits per heavy atom. The number of imidazole rings is 1. The maximum absolute atomic E-state index is 4.62. The molecule has 0 atom stereocenters. The predicted molar refractivity (Wildman–Crippen MR) is 85.7 cm³/mol. The lowest BCUT2D eigenvalue weighted by atomic mass is 10.0. The van der Waals surface area contributed by atoms with E-state index >= 15 is 0 Å². The van der Waals surface area contributed by atoms with Gasteiger partial charge in [0.1, 0.15) is 0 Å². The summed E-state index contributed by atoms with van der Waals surface area (Å²) in [4.78, 5) is 4.62. The predicted octanol–water partition coefficient (Wildman–Crippen LogP) is 3.43. The molecule has 0 N–H and O–H groups in total. The van der Waals surface area contributed by atoms with Gasteiger partial charge in [0.05, 0.1) is 22.4 Å². The summed E-state index contributed by atoms with van der Waals surface area (Å²) in [6.07, 6.45) is 3.15. The highest BCUT2D eigenvalue weighted by Gasteiger charge is 2.20. The fourth-order valence-electron chi connectivity index (χ4n) is 3.44. The molecule has 1 aliphatic rings. The Bertz CT molecular complexity index is 1020. The van der Waals surface area contributed by atoms with Gasteiger partial charge in [-0.2, -0.15) is 0 Å². The van der Waals surface area contributed by atoms with E-state index in [-0.39, 0.29) is 0 Å². The number of fused-ring (bicyclic) bond motifs is 7. The third-order valence-electron chi connectivity index (χ3n) is 4.43. The van der Waals surface area contributed by atoms with Crippen molar-refractivity contribution < 1.29 is 0 Å². The number of aryl methyl sites for hydroxylation is 2. The average molecular weight is 286 g/mol. The second kappa shape index (κ2) is 4.37. The molecule has 0 radical (unpaired) electrons. The molecule has 1 aliphatic carbocycles. The number of aromatic nitrogens is 4. The van der Waals surface area contributed by atoms with E-state index in [0.29, 0.717) is 5.78 Å². The molecular formula is C18H14N4. The van der Waals surface area contributed by atoms with Crippen LogP contribution in [0.15, 0.2) is 48.5 Å². The zero-order valence-corrected chi connectivity index (χ0v) is 12.0. The maximum Gasteiger partial charge on any atom is 0.255 e. The number of nitrogens with zero attached hydrogens (tertiary/aromatic N) is 4. The van der Waals surface area contributed by atoms with Crippen LogP contribution >= 0.6 is 0 Å². The van der Waals surface area contributed by atoms with Gasteiger partial charge < -0.3 is 0 Å². The van der Waals surface area contributed by atoms with Crippen molar-refractivity contribution in [1.82, 2.24) is 19.6 Å². The summed E-state index contributed by atoms with van der Waals surface area (Å²) in [5.41, 5.74) is 6.94. The Morgan fingerprint density at radius 3 is 2.73 bits per heavy atom. The third-order valence-corrected chi connectivity index (χ3v) is 4.43. The van der Waals surface area contributed by atoms with E-state index < -0.39 is 0 Å². The van der Waals surface area contributed by atoms with Crippen LogP contribution in [-0.2, 0) is 12.8 Å². The van der Waals surface area contributed by atoms with Gasteiger partial charge in [0.2, 0.25) is 0 Å². The van der Waals surface area contributed by atoms with Gasteiger partial charge in [0, 0.05) is 5.56 Å². The second-order valence-electron chi connectivity index (χ2n) is 5.74. The van der Waals surface area contributed by atoms with E-state index in [1.807, 2.05) is 18.2 Å². The summed E-state index contributed by atoms with van der Waals surface area (Å²) in [5.74, 6) is 0.677. The van der Waals surface area contributed by atoms with E-state index in [0.717, 1.165) is 41.7 Å². The van der Waals surface area contributed by atoms with Crippen molar-refractivity contribution in [2.75, 3.05) is 0 Å². The van der Waals surface area contributed by atoms with Crippen LogP contribution in [0.3, 0.4) is 0 Å². The van der Waals surface area contributed by atoms with Crippen molar-refractivity contribution in [1.29, 1.82) is 0 Å². The highest BCUT2D eigenvalue weighted by Crippen LogP contribution is 2.33. The number of hydrogen-bond donors (Lipinski definition) is 0. The molecule has 0 fully saturated rings. The molecule has 0 saturated carbocycles. The molecule has 0 aliphatic heterocycles. The fourth-order valence-corrected chi connectivity index (χ4v) is 3.44. The molecular weight excluding hydrogens is 272 g/mol. The van der Waals surface area contributed by atoms with Crippen LogP contribution in [0.1, 0.15) is 17.7 Å². The monoisotopic (exact) mass is 286 g/mol. The Morgan fingerprint density at radius 1 is 0.864 bits per heavy atom. The van der Waals surface area contributed by atoms with Crippen LogP contribution in [0, 0.1) is 0 Å². The first-order valence-electron chi connectivity index (χ1n) is 7.63. The Labute approximate surface area is 127 Å². The minimum Gasteiger partial charge on any atom is -0.273 e. The first kappa shape index (κ1) is 11.9. The summed E-state index contributed by atoms with van der Waals surface area (Å²) in [6.45, 7) is 0. The molecule has 0 amide bonds. The molecule has 4 heteroatoms. The van der Waals surface area contributed by atoms with E-state index in [2.05, 4.69) is 49.9 Å². The average Bonchev–Trinajstić information content (AvgIpc) is 2.83. The van der Waals surface area contributed by atoms with E-state index in [9.17, 15) is 0 Å². The lowest BCUT2D eigenvalue weighted by Crippen LogP contribution is -2.03. The summed E-state index contributed by atoms with van der Waals surface area (Å²) in [5, 5.41) is 8.82. The fraction of sp³-hybridized carbons (Fsp3) is 0.167. The van der Waals surface area contributed by atoms with Gasteiger partial charge in [-0.1, -0.05) is 36.4 Å². The van der Waals surface area contributed by atoms with Crippen LogP contribution in [0.25, 0.3) is 28.1 Å². The first-order valence-corrected chi connectivity index (χ1v) is 7.63. The maximum atomic E-state index is 4.62. The van der Waals surface area contributed by atoms with Gasteiger partial charge in [-0.3, -0.25) is 4.40 Å². The van der Waals surface area contributed by atoms with Gasteiger partial charge >= 0.3 is 0 Å². The van der Waals surface area contributed by atoms with E-state index in [1.54, 1.807) is 0 Å². The number of para-hydroxylation sites is 2. The number of benzene rings is 2. The van der Waals surface area contributed by atoms with Crippen LogP contribution in [0.4, 0.5) is 0 Å². The molecule has 5 rings (SSSR count). The topological polar surface area (TPSA) is 43.1 Å². The van der Waals surface area contributed by atoms with Crippen molar-refractivity contribution in [3.8, 4) is 11.3 Å². The van der Waals surface area contributed by atoms with Crippen molar-refractivity contribution in [3.63, 3.8) is 0 Å². The van der Waals surface area contributed by atoms with Crippen LogP contribution in [-0.4, -0.2) is 19.6 Å². The van der Waals surface area contributed by atoms with E-state index in [1.165, 1.54) is 11.1 Å². The quantitative estimate of drug-likeness (QED) is 0.497. The van der Waals surface area contributed by atoms with Crippen molar-refractivity contribution in [2.45, 2.75) is 19.3 Å². The molecule has 106 valence electrons. The smallest absolute Gasteiger partial charge is 0.255 e. The minimum absolute atomic E-state index is 0.677. The Hall–Kier alpha value is -2.75. The zero-order valence-electron chi connectivity index (χ0n) is 12.0. The van der Waals surface area contributed by atoms with Gasteiger partial charge in [-0.05, 0) is 37.0 Å². The summed E-state index contributed by atoms with van der Waals surface area (Å²) in [6, 6.07) is 16.8. The molecule has 2 heterocycles. The molecule has 2 aromatic carbocycles. The molecule has 4 nitrogen and oxygen atoms in total. The summed E-state index contributed by atoms with van der Waals surface area (Å²) < 4.78 is 2.17. The molecule has 22 heavy (non-hydrogen) atoms. The standard InChI is InChI=1S/C18H14N4/c1-2-8-13-12(6-1)7-5-10-15-17(13)22-16-11-4-3-9-14(16)19-18(22)21-20-15/h1-4,6,8-9,11H,5,7,10H2. The van der Waals surface area contributed by atoms with Gasteiger partial charge in [0.15, 0.2) is 0 Å². The molecule has 0 unspecified atom stereocenters. The minimum atomic E-state index is 0.677. The first-order chi connectivity index (χ1) is 10.9. The summed E-state index contributed by atoms with van der Waals surface area (Å²) >= 11 is 0. The third kappa shape index (κ3) is 1.55. The zero-order chi connectivity index (χ0) is 14.5. The molecule has 0 saturated heterocycles. The Kier molecular flexibility index (Phi) is 2.36. The van der Waals surface area contributed by atoms with Crippen molar-refractivity contribution in [3.05, 3.63) is 59.8 Å². The van der Waals surface area contributed by atoms with Gasteiger partial charge in [0.25, 0.3) is 5.78 Å². The number of hydrogen-bond acceptors (Lipinski definition) is 3. The largest absolute Gasteiger partial charge is 0.273 e. The van der Waals surface area contributed by atoms with Gasteiger partial charge in [-0.15, -0.1) is 10.2 Å².